The third kappa shape index (κ3) is 42.6. The summed E-state index contributed by atoms with van der Waals surface area (Å²) < 4.78 is 22.8. The monoisotopic (exact) mass is 1260 g/mol. The van der Waals surface area contributed by atoms with Crippen LogP contribution in [0.2, 0.25) is 0 Å². The number of hydrogen-bond donors (Lipinski definition) is 9. The summed E-state index contributed by atoms with van der Waals surface area (Å²) in [6.45, 7) is 2.69. The van der Waals surface area contributed by atoms with E-state index in [0.717, 1.165) is 103 Å². The number of ether oxygens (including phenoxy) is 4. The van der Waals surface area contributed by atoms with E-state index in [1.165, 1.54) is 128 Å². The lowest BCUT2D eigenvalue weighted by Crippen LogP contribution is -2.65. The van der Waals surface area contributed by atoms with Gasteiger partial charge in [-0.15, -0.1) is 0 Å². The molecule has 1 amide bonds. The van der Waals surface area contributed by atoms with Gasteiger partial charge >= 0.3 is 0 Å². The molecule has 2 saturated heterocycles. The smallest absolute Gasteiger partial charge is 0.220 e. The van der Waals surface area contributed by atoms with Crippen LogP contribution in [0.25, 0.3) is 0 Å². The number of nitrogens with one attached hydrogen (secondary N) is 1. The topological polar surface area (TPSA) is 228 Å². The van der Waals surface area contributed by atoms with Crippen LogP contribution in [-0.4, -0.2) is 140 Å². The van der Waals surface area contributed by atoms with E-state index in [2.05, 4.69) is 129 Å². The second kappa shape index (κ2) is 59.2. The van der Waals surface area contributed by atoms with Crippen molar-refractivity contribution in [3.63, 3.8) is 0 Å². The number of amides is 1. The molecule has 0 saturated carbocycles. The zero-order chi connectivity index (χ0) is 65.2. The minimum Gasteiger partial charge on any atom is -0.394 e. The van der Waals surface area contributed by atoms with Gasteiger partial charge in [0.05, 0.1) is 32.0 Å². The summed E-state index contributed by atoms with van der Waals surface area (Å²) in [5.41, 5.74) is 0. The summed E-state index contributed by atoms with van der Waals surface area (Å²) in [5.74, 6) is -0.246. The summed E-state index contributed by atoms with van der Waals surface area (Å²) in [6, 6.07) is -0.924. The van der Waals surface area contributed by atoms with Crippen LogP contribution >= 0.6 is 0 Å². The van der Waals surface area contributed by atoms with Gasteiger partial charge in [-0.05, 0) is 89.9 Å². The van der Waals surface area contributed by atoms with Gasteiger partial charge in [-0.1, -0.05) is 283 Å². The molecule has 0 bridgehead atoms. The van der Waals surface area contributed by atoms with Crippen molar-refractivity contribution in [2.45, 2.75) is 331 Å². The van der Waals surface area contributed by atoms with Gasteiger partial charge in [0.15, 0.2) is 12.6 Å². The number of allylic oxidation sites excluding steroid dienone is 19. The third-order valence-electron chi connectivity index (χ3n) is 16.7. The van der Waals surface area contributed by atoms with Crippen LogP contribution in [0.3, 0.4) is 0 Å². The molecular weight excluding hydrogens is 1130 g/mol. The maximum Gasteiger partial charge on any atom is 0.220 e. The van der Waals surface area contributed by atoms with E-state index in [4.69, 9.17) is 18.9 Å². The fourth-order valence-corrected chi connectivity index (χ4v) is 11.0. The van der Waals surface area contributed by atoms with E-state index < -0.39 is 86.8 Å². The number of carbonyl (C=O) groups excluding carboxylic acids is 1. The summed E-state index contributed by atoms with van der Waals surface area (Å²) in [4.78, 5) is 13.3. The predicted molar refractivity (Wildman–Crippen MR) is 368 cm³/mol. The Labute approximate surface area is 546 Å². The van der Waals surface area contributed by atoms with E-state index in [1.54, 1.807) is 6.08 Å². The standard InChI is InChI=1S/C76H129NO13/c1-3-5-7-9-11-13-15-17-19-21-22-23-24-25-26-27-28-29-30-31-32-33-34-35-36-37-38-39-40-41-42-44-46-48-50-52-54-56-58-60-68(81)77-64(65(80)59-57-55-53-51-49-47-45-43-20-18-16-14-12-10-8-6-4-2)63-87-75-73(86)71(84)74(67(62-79)89-75)90-76-72(85)70(83)69(82)66(61-78)88-76/h5,7,11,13,17,19,22-23,25-26,28-29,31-32,34-35,37-38,57,59,64-67,69-76,78-80,82-86H,3-4,6,8-10,12,14-16,18,20-21,24,27,30,33,36,39-56,58,60-63H2,1-2H3,(H,77,81)/b7-5-,13-11-,19-17-,23-22-,26-25-,29-28-,32-31-,35-34-,38-37-,59-57+. The molecule has 90 heavy (non-hydrogen) atoms. The lowest BCUT2D eigenvalue weighted by atomic mass is 9.97. The molecule has 9 N–H and O–H groups in total. The minimum absolute atomic E-state index is 0.246. The third-order valence-corrected chi connectivity index (χ3v) is 16.7. The molecule has 2 rings (SSSR count). The Bertz CT molecular complexity index is 1980. The van der Waals surface area contributed by atoms with Gasteiger partial charge in [-0.3, -0.25) is 4.79 Å². The van der Waals surface area contributed by atoms with Crippen LogP contribution in [0.5, 0.6) is 0 Å². The Hall–Kier alpha value is -3.61. The first-order valence-electron chi connectivity index (χ1n) is 35.8. The molecular formula is C76H129NO13. The highest BCUT2D eigenvalue weighted by molar-refractivity contribution is 5.76. The first kappa shape index (κ1) is 82.5. The van der Waals surface area contributed by atoms with Crippen molar-refractivity contribution in [2.75, 3.05) is 19.8 Å². The van der Waals surface area contributed by atoms with E-state index in [0.29, 0.717) is 6.42 Å². The molecule has 0 aliphatic carbocycles. The van der Waals surface area contributed by atoms with Gasteiger partial charge in [-0.25, -0.2) is 0 Å². The van der Waals surface area contributed by atoms with Crippen LogP contribution < -0.4 is 5.32 Å². The van der Waals surface area contributed by atoms with Crippen LogP contribution in [0.4, 0.5) is 0 Å². The summed E-state index contributed by atoms with van der Waals surface area (Å²) in [5, 5.41) is 87.4. The van der Waals surface area contributed by atoms with Crippen LogP contribution in [-0.2, 0) is 23.7 Å². The normalized spacial score (nSPS) is 23.7. The molecule has 14 heteroatoms. The molecule has 0 radical (unpaired) electrons. The van der Waals surface area contributed by atoms with Crippen molar-refractivity contribution in [1.82, 2.24) is 5.32 Å². The molecule has 0 aromatic carbocycles. The fourth-order valence-electron chi connectivity index (χ4n) is 11.0. The Morgan fingerprint density at radius 2 is 0.767 bits per heavy atom. The maximum atomic E-state index is 13.3. The van der Waals surface area contributed by atoms with E-state index >= 15 is 0 Å². The molecule has 0 spiro atoms. The Morgan fingerprint density at radius 3 is 1.18 bits per heavy atom. The lowest BCUT2D eigenvalue weighted by Gasteiger charge is -2.46. The number of carbonyl (C=O) groups is 1. The minimum atomic E-state index is -1.79. The molecule has 2 fully saturated rings. The predicted octanol–water partition coefficient (Wildman–Crippen LogP) is 14.9. The van der Waals surface area contributed by atoms with E-state index in [-0.39, 0.29) is 18.9 Å². The highest BCUT2D eigenvalue weighted by Gasteiger charge is 2.51. The van der Waals surface area contributed by atoms with Crippen molar-refractivity contribution in [3.8, 4) is 0 Å². The molecule has 0 aromatic rings. The maximum absolute atomic E-state index is 13.3. The van der Waals surface area contributed by atoms with Gasteiger partial charge in [0.1, 0.15) is 48.8 Å². The molecule has 2 aliphatic heterocycles. The number of hydrogen-bond acceptors (Lipinski definition) is 13. The van der Waals surface area contributed by atoms with Gasteiger partial charge in [0, 0.05) is 6.42 Å². The average Bonchev–Trinajstić information content (AvgIpc) is 1.04. The average molecular weight is 1260 g/mol. The molecule has 12 unspecified atom stereocenters. The van der Waals surface area contributed by atoms with Crippen molar-refractivity contribution >= 4 is 5.91 Å². The number of aliphatic hydroxyl groups is 8. The quantitative estimate of drug-likeness (QED) is 0.0204. The highest BCUT2D eigenvalue weighted by atomic mass is 16.7. The second-order valence-electron chi connectivity index (χ2n) is 24.6. The van der Waals surface area contributed by atoms with Gasteiger partial charge in [0.2, 0.25) is 5.91 Å². The van der Waals surface area contributed by atoms with Crippen LogP contribution in [0, 0.1) is 0 Å². The molecule has 2 heterocycles. The Balaban J connectivity index is 1.63. The number of rotatable bonds is 57. The fraction of sp³-hybridized carbons (Fsp3) is 0.724. The zero-order valence-corrected chi connectivity index (χ0v) is 56.1. The molecule has 516 valence electrons. The lowest BCUT2D eigenvalue weighted by molar-refractivity contribution is -0.359. The summed E-state index contributed by atoms with van der Waals surface area (Å²) in [6.07, 6.45) is 69.6. The summed E-state index contributed by atoms with van der Waals surface area (Å²) >= 11 is 0. The number of unbranched alkanes of at least 4 members (excludes halogenated alkanes) is 26. The van der Waals surface area contributed by atoms with Crippen molar-refractivity contribution < 1.29 is 64.6 Å². The number of aliphatic hydroxyl groups excluding tert-OH is 8. The van der Waals surface area contributed by atoms with Gasteiger partial charge in [0.25, 0.3) is 0 Å². The van der Waals surface area contributed by atoms with Gasteiger partial charge < -0.3 is 65.1 Å². The highest BCUT2D eigenvalue weighted by Crippen LogP contribution is 2.30. The Morgan fingerprint density at radius 1 is 0.411 bits per heavy atom. The molecule has 14 nitrogen and oxygen atoms in total. The van der Waals surface area contributed by atoms with Crippen LogP contribution in [0.15, 0.2) is 122 Å². The molecule has 0 aromatic heterocycles. The van der Waals surface area contributed by atoms with Crippen molar-refractivity contribution in [1.29, 1.82) is 0 Å². The van der Waals surface area contributed by atoms with Crippen molar-refractivity contribution in [3.05, 3.63) is 122 Å². The first-order chi connectivity index (χ1) is 44.1. The Kier molecular flexibility index (Phi) is 54.2. The first-order valence-corrected chi connectivity index (χ1v) is 35.8. The van der Waals surface area contributed by atoms with Crippen LogP contribution in [0.1, 0.15) is 258 Å². The zero-order valence-electron chi connectivity index (χ0n) is 56.1. The van der Waals surface area contributed by atoms with E-state index in [1.807, 2.05) is 6.08 Å². The summed E-state index contributed by atoms with van der Waals surface area (Å²) in [7, 11) is 0. The molecule has 2 aliphatic rings. The van der Waals surface area contributed by atoms with Crippen molar-refractivity contribution in [2.24, 2.45) is 0 Å². The van der Waals surface area contributed by atoms with E-state index in [9.17, 15) is 45.6 Å². The SMILES string of the molecule is CC/C=C\C/C=C\C/C=C\C/C=C\C/C=C\C/C=C\C/C=C\C/C=C\C/C=C\CCCCCCCCCCCCCC(=O)NC(COC1OC(CO)C(OC2OC(CO)C(O)C(O)C2O)C(O)C1O)C(O)/C=C/CCCCCCCCCCCCCCCCC. The molecule has 12 atom stereocenters. The second-order valence-corrected chi connectivity index (χ2v) is 24.6. The van der Waals surface area contributed by atoms with Gasteiger partial charge in [-0.2, -0.15) is 0 Å². The largest absolute Gasteiger partial charge is 0.394 e.